The number of rotatable bonds is 7. The first kappa shape index (κ1) is 15.2. The summed E-state index contributed by atoms with van der Waals surface area (Å²) in [5.74, 6) is 0.801. The molecule has 0 saturated carbocycles. The summed E-state index contributed by atoms with van der Waals surface area (Å²) >= 11 is 3.71. The minimum Gasteiger partial charge on any atom is -0.123 e. The van der Waals surface area contributed by atoms with Crippen LogP contribution in [0, 0.1) is 5.92 Å². The molecule has 1 atom stereocenters. The molecule has 0 aliphatic heterocycles. The van der Waals surface area contributed by atoms with Crippen LogP contribution in [-0.2, 0) is 0 Å². The zero-order valence-corrected chi connectivity index (χ0v) is 12.3. The molecule has 88 valence electrons. The Morgan fingerprint density at radius 1 is 1.13 bits per heavy atom. The van der Waals surface area contributed by atoms with E-state index < -0.39 is 0 Å². The van der Waals surface area contributed by atoms with E-state index in [2.05, 4.69) is 45.4 Å². The first-order chi connectivity index (χ1) is 7.10. The van der Waals surface area contributed by atoms with Gasteiger partial charge in [-0.1, -0.05) is 24.6 Å². The van der Waals surface area contributed by atoms with Crippen LogP contribution in [0.25, 0.3) is 0 Å². The van der Waals surface area contributed by atoms with Crippen LogP contribution >= 0.6 is 23.5 Å². The van der Waals surface area contributed by atoms with Crippen molar-refractivity contribution in [3.05, 3.63) is 22.0 Å². The molecule has 2 heteroatoms. The Labute approximate surface area is 104 Å². The zero-order chi connectivity index (χ0) is 11.7. The Morgan fingerprint density at radius 2 is 1.73 bits per heavy atom. The second-order valence-corrected chi connectivity index (χ2v) is 6.09. The van der Waals surface area contributed by atoms with E-state index in [1.54, 1.807) is 0 Å². The smallest absolute Gasteiger partial charge is 0.0355 e. The van der Waals surface area contributed by atoms with Crippen molar-refractivity contribution in [2.24, 2.45) is 5.92 Å². The van der Waals surface area contributed by atoms with Crippen molar-refractivity contribution in [2.45, 2.75) is 40.0 Å². The molecule has 1 unspecified atom stereocenters. The molecule has 0 bridgehead atoms. The van der Waals surface area contributed by atoms with E-state index in [-0.39, 0.29) is 0 Å². The molecule has 0 aliphatic carbocycles. The van der Waals surface area contributed by atoms with E-state index in [0.29, 0.717) is 0 Å². The molecular weight excluding hydrogens is 220 g/mol. The summed E-state index contributed by atoms with van der Waals surface area (Å²) in [6.07, 6.45) is 12.8. The molecular formula is C13H24S2. The predicted octanol–water partition coefficient (Wildman–Crippen LogP) is 5.33. The lowest BCUT2D eigenvalue weighted by molar-refractivity contribution is 0.546. The van der Waals surface area contributed by atoms with E-state index in [0.717, 1.165) is 5.92 Å². The molecule has 0 nitrogen and oxygen atoms in total. The van der Waals surface area contributed by atoms with Gasteiger partial charge < -0.3 is 0 Å². The average Bonchev–Trinajstić information content (AvgIpc) is 2.18. The van der Waals surface area contributed by atoms with Gasteiger partial charge in [-0.25, -0.2) is 0 Å². The molecule has 0 aromatic rings. The summed E-state index contributed by atoms with van der Waals surface area (Å²) in [5.41, 5.74) is 1.44. The van der Waals surface area contributed by atoms with Gasteiger partial charge in [0.1, 0.15) is 0 Å². The summed E-state index contributed by atoms with van der Waals surface area (Å²) in [4.78, 5) is 0. The van der Waals surface area contributed by atoms with Crippen LogP contribution in [-0.4, -0.2) is 12.5 Å². The van der Waals surface area contributed by atoms with Gasteiger partial charge in [-0.15, -0.1) is 23.5 Å². The highest BCUT2D eigenvalue weighted by atomic mass is 32.2. The lowest BCUT2D eigenvalue weighted by Gasteiger charge is -2.07. The van der Waals surface area contributed by atoms with Crippen LogP contribution in [0.1, 0.15) is 40.0 Å². The lowest BCUT2D eigenvalue weighted by Crippen LogP contribution is -1.91. The Morgan fingerprint density at radius 3 is 2.20 bits per heavy atom. The van der Waals surface area contributed by atoms with Crippen LogP contribution in [0.4, 0.5) is 0 Å². The fourth-order valence-electron chi connectivity index (χ4n) is 1.32. The highest BCUT2D eigenvalue weighted by Gasteiger charge is 2.00. The van der Waals surface area contributed by atoms with Crippen LogP contribution in [0.2, 0.25) is 0 Å². The average molecular weight is 244 g/mol. The maximum Gasteiger partial charge on any atom is 0.0355 e. The first-order valence-electron chi connectivity index (χ1n) is 5.51. The van der Waals surface area contributed by atoms with E-state index in [1.165, 1.54) is 29.1 Å². The van der Waals surface area contributed by atoms with Crippen molar-refractivity contribution in [3.8, 4) is 0 Å². The number of hydrogen-bond donors (Lipinski definition) is 0. The minimum atomic E-state index is 0.801. The summed E-state index contributed by atoms with van der Waals surface area (Å²) in [7, 11) is 0. The number of allylic oxidation sites excluding steroid dienone is 3. The van der Waals surface area contributed by atoms with E-state index >= 15 is 0 Å². The molecule has 0 radical (unpaired) electrons. The van der Waals surface area contributed by atoms with Gasteiger partial charge in [0.25, 0.3) is 0 Å². The number of thioether (sulfide) groups is 2. The second-order valence-electron chi connectivity index (χ2n) is 4.13. The third-order valence-electron chi connectivity index (χ3n) is 2.30. The van der Waals surface area contributed by atoms with Crippen molar-refractivity contribution in [1.82, 2.24) is 0 Å². The second kappa shape index (κ2) is 9.41. The largest absolute Gasteiger partial charge is 0.123 e. The van der Waals surface area contributed by atoms with Crippen LogP contribution in [0.15, 0.2) is 22.0 Å². The molecule has 0 aromatic carbocycles. The van der Waals surface area contributed by atoms with Gasteiger partial charge in [0.05, 0.1) is 0 Å². The van der Waals surface area contributed by atoms with Gasteiger partial charge in [-0.2, -0.15) is 0 Å². The summed E-state index contributed by atoms with van der Waals surface area (Å²) in [6, 6.07) is 0. The van der Waals surface area contributed by atoms with Crippen molar-refractivity contribution >= 4 is 23.5 Å². The normalized spacial score (nSPS) is 12.1. The van der Waals surface area contributed by atoms with E-state index in [1.807, 2.05) is 23.5 Å². The highest BCUT2D eigenvalue weighted by molar-refractivity contribution is 8.21. The summed E-state index contributed by atoms with van der Waals surface area (Å²) in [5, 5.41) is 0. The van der Waals surface area contributed by atoms with Crippen molar-refractivity contribution in [2.75, 3.05) is 12.5 Å². The highest BCUT2D eigenvalue weighted by Crippen LogP contribution is 2.25. The SMILES string of the molecule is CSC(=CCC(C)CCC=C(C)C)SC. The van der Waals surface area contributed by atoms with Crippen molar-refractivity contribution in [1.29, 1.82) is 0 Å². The Hall–Kier alpha value is 0.180. The molecule has 0 saturated heterocycles. The predicted molar refractivity (Wildman–Crippen MR) is 77.6 cm³/mol. The number of hydrogen-bond acceptors (Lipinski definition) is 2. The molecule has 0 spiro atoms. The Balaban J connectivity index is 3.78. The third-order valence-corrected chi connectivity index (χ3v) is 4.44. The molecule has 0 heterocycles. The Bertz CT molecular complexity index is 207. The van der Waals surface area contributed by atoms with Crippen molar-refractivity contribution < 1.29 is 0 Å². The molecule has 0 amide bonds. The lowest BCUT2D eigenvalue weighted by atomic mass is 10.0. The standard InChI is InChI=1S/C13H24S2/c1-11(2)7-6-8-12(3)9-10-13(14-4)15-5/h7,10,12H,6,8-9H2,1-5H3. The van der Waals surface area contributed by atoms with Gasteiger partial charge in [0, 0.05) is 4.24 Å². The van der Waals surface area contributed by atoms with Gasteiger partial charge in [-0.3, -0.25) is 0 Å². The van der Waals surface area contributed by atoms with Gasteiger partial charge >= 0.3 is 0 Å². The van der Waals surface area contributed by atoms with Gasteiger partial charge in [0.2, 0.25) is 0 Å². The fourth-order valence-corrected chi connectivity index (χ4v) is 2.51. The van der Waals surface area contributed by atoms with Gasteiger partial charge in [-0.05, 0) is 51.5 Å². The van der Waals surface area contributed by atoms with E-state index in [4.69, 9.17) is 0 Å². The topological polar surface area (TPSA) is 0 Å². The van der Waals surface area contributed by atoms with Crippen LogP contribution in [0.5, 0.6) is 0 Å². The fraction of sp³-hybridized carbons (Fsp3) is 0.692. The maximum absolute atomic E-state index is 2.38. The monoisotopic (exact) mass is 244 g/mol. The van der Waals surface area contributed by atoms with Gasteiger partial charge in [0.15, 0.2) is 0 Å². The quantitative estimate of drug-likeness (QED) is 0.555. The summed E-state index contributed by atoms with van der Waals surface area (Å²) in [6.45, 7) is 6.68. The Kier molecular flexibility index (Phi) is 9.52. The van der Waals surface area contributed by atoms with Crippen LogP contribution < -0.4 is 0 Å². The van der Waals surface area contributed by atoms with Crippen molar-refractivity contribution in [3.63, 3.8) is 0 Å². The minimum absolute atomic E-state index is 0.801. The molecule has 15 heavy (non-hydrogen) atoms. The zero-order valence-electron chi connectivity index (χ0n) is 10.7. The first-order valence-corrected chi connectivity index (χ1v) is 7.96. The third kappa shape index (κ3) is 9.13. The summed E-state index contributed by atoms with van der Waals surface area (Å²) < 4.78 is 1.45. The molecule has 0 N–H and O–H groups in total. The van der Waals surface area contributed by atoms with Crippen LogP contribution in [0.3, 0.4) is 0 Å². The molecule has 0 rings (SSSR count). The molecule has 0 aromatic heterocycles. The molecule has 0 fully saturated rings. The molecule has 0 aliphatic rings. The van der Waals surface area contributed by atoms with E-state index in [9.17, 15) is 0 Å². The maximum atomic E-state index is 2.38.